The highest BCUT2D eigenvalue weighted by molar-refractivity contribution is 6.10. The van der Waals surface area contributed by atoms with E-state index in [0.717, 1.165) is 18.5 Å². The third-order valence-corrected chi connectivity index (χ3v) is 5.78. The van der Waals surface area contributed by atoms with E-state index in [4.69, 9.17) is 11.1 Å². The molecule has 0 saturated heterocycles. The van der Waals surface area contributed by atoms with E-state index in [9.17, 15) is 0 Å². The number of nitrogens with one attached hydrogen (secondary N) is 1. The normalized spacial score (nSPS) is 12.6. The highest BCUT2D eigenvalue weighted by Crippen LogP contribution is 2.43. The number of rotatable bonds is 2. The molecule has 0 aliphatic heterocycles. The van der Waals surface area contributed by atoms with Gasteiger partial charge in [-0.2, -0.15) is 0 Å². The van der Waals surface area contributed by atoms with Gasteiger partial charge in [-0.25, -0.2) is 0 Å². The van der Waals surface area contributed by atoms with Gasteiger partial charge in [0.25, 0.3) is 0 Å². The molecule has 0 amide bonds. The topological polar surface area (TPSA) is 53.1 Å². The van der Waals surface area contributed by atoms with Gasteiger partial charge in [-0.1, -0.05) is 60.7 Å². The lowest BCUT2D eigenvalue weighted by Crippen LogP contribution is -2.33. The average molecular weight is 351 g/mol. The molecule has 0 aromatic heterocycles. The second kappa shape index (κ2) is 5.85. The van der Waals surface area contributed by atoms with Crippen molar-refractivity contribution >= 4 is 33.2 Å². The Hall–Kier alpha value is -3.33. The molecule has 27 heavy (non-hydrogen) atoms. The Bertz CT molecular complexity index is 1220. The van der Waals surface area contributed by atoms with Crippen molar-refractivity contribution in [1.82, 2.24) is 0 Å². The zero-order chi connectivity index (χ0) is 18.5. The Morgan fingerprint density at radius 3 is 2.52 bits per heavy atom. The molecule has 3 heteroatoms. The van der Waals surface area contributed by atoms with E-state index in [1.165, 1.54) is 43.8 Å². The molecular formula is C24H21N3. The van der Waals surface area contributed by atoms with Crippen LogP contribution in [0.3, 0.4) is 0 Å². The molecule has 0 saturated carbocycles. The zero-order valence-electron chi connectivity index (χ0n) is 15.3. The number of fused-ring (bicyclic) bond motifs is 1. The van der Waals surface area contributed by atoms with Crippen LogP contribution in [-0.2, 0) is 12.8 Å². The Kier molecular flexibility index (Phi) is 3.44. The summed E-state index contributed by atoms with van der Waals surface area (Å²) in [4.78, 5) is 1.76. The highest BCUT2D eigenvalue weighted by atomic mass is 15.2. The molecule has 0 spiro atoms. The Labute approximate surface area is 158 Å². The van der Waals surface area contributed by atoms with Gasteiger partial charge in [0, 0.05) is 12.6 Å². The number of hydrogen-bond acceptors (Lipinski definition) is 1. The molecule has 0 bridgehead atoms. The van der Waals surface area contributed by atoms with Crippen molar-refractivity contribution in [2.24, 2.45) is 5.73 Å². The van der Waals surface area contributed by atoms with Gasteiger partial charge in [-0.15, -0.1) is 0 Å². The summed E-state index contributed by atoms with van der Waals surface area (Å²) in [7, 11) is 1.86. The zero-order valence-corrected chi connectivity index (χ0v) is 15.3. The van der Waals surface area contributed by atoms with E-state index in [1.54, 1.807) is 4.90 Å². The van der Waals surface area contributed by atoms with Crippen LogP contribution in [0.1, 0.15) is 11.1 Å². The van der Waals surface area contributed by atoms with Crippen molar-refractivity contribution in [3.8, 4) is 11.1 Å². The van der Waals surface area contributed by atoms with Crippen molar-refractivity contribution in [3.63, 3.8) is 0 Å². The van der Waals surface area contributed by atoms with Crippen LogP contribution in [0.25, 0.3) is 32.7 Å². The summed E-state index contributed by atoms with van der Waals surface area (Å²) >= 11 is 0. The first-order chi connectivity index (χ1) is 13.1. The van der Waals surface area contributed by atoms with E-state index in [0.29, 0.717) is 0 Å². The number of guanidine groups is 1. The SMILES string of the molecule is CN(C(=N)N)c1ccc2ccccc2c1-c1ccc2cccc3c2c1CC3. The summed E-state index contributed by atoms with van der Waals surface area (Å²) < 4.78 is 0. The lowest BCUT2D eigenvalue weighted by atomic mass is 9.90. The van der Waals surface area contributed by atoms with Gasteiger partial charge in [-0.05, 0) is 57.1 Å². The standard InChI is InChI=1S/C24H21N3/c1-27(24(25)26)21-14-11-15-5-2-3-8-18(15)23(21)20-13-10-17-7-4-6-16-9-12-19(20)22(16)17/h2-8,10-11,13-14H,9,12H2,1H3,(H3,25,26). The summed E-state index contributed by atoms with van der Waals surface area (Å²) in [6, 6.07) is 23.7. The van der Waals surface area contributed by atoms with Gasteiger partial charge in [0.15, 0.2) is 5.96 Å². The summed E-state index contributed by atoms with van der Waals surface area (Å²) in [6.07, 6.45) is 2.14. The van der Waals surface area contributed by atoms with Crippen molar-refractivity contribution < 1.29 is 0 Å². The largest absolute Gasteiger partial charge is 0.370 e. The molecule has 0 heterocycles. The fourth-order valence-electron chi connectivity index (χ4n) is 4.45. The number of hydrogen-bond donors (Lipinski definition) is 2. The Morgan fingerprint density at radius 2 is 1.67 bits per heavy atom. The van der Waals surface area contributed by atoms with Gasteiger partial charge in [0.2, 0.25) is 0 Å². The maximum Gasteiger partial charge on any atom is 0.192 e. The van der Waals surface area contributed by atoms with Crippen LogP contribution in [0, 0.1) is 5.41 Å². The molecule has 0 atom stereocenters. The number of nitrogens with two attached hydrogens (primary N) is 1. The Balaban J connectivity index is 1.90. The number of aryl methyl sites for hydroxylation is 2. The summed E-state index contributed by atoms with van der Waals surface area (Å²) in [5.74, 6) is 0.0458. The first-order valence-electron chi connectivity index (χ1n) is 9.28. The number of anilines is 1. The van der Waals surface area contributed by atoms with Crippen LogP contribution in [-0.4, -0.2) is 13.0 Å². The molecule has 3 nitrogen and oxygen atoms in total. The molecule has 4 aromatic carbocycles. The fraction of sp³-hybridized carbons (Fsp3) is 0.125. The van der Waals surface area contributed by atoms with Crippen LogP contribution in [0.4, 0.5) is 5.69 Å². The molecule has 1 aliphatic rings. The van der Waals surface area contributed by atoms with Crippen molar-refractivity contribution in [2.45, 2.75) is 12.8 Å². The quantitative estimate of drug-likeness (QED) is 0.390. The van der Waals surface area contributed by atoms with Crippen LogP contribution >= 0.6 is 0 Å². The molecule has 3 N–H and O–H groups in total. The first-order valence-corrected chi connectivity index (χ1v) is 9.28. The van der Waals surface area contributed by atoms with Gasteiger partial charge in [0.1, 0.15) is 0 Å². The maximum absolute atomic E-state index is 7.95. The third-order valence-electron chi connectivity index (χ3n) is 5.78. The summed E-state index contributed by atoms with van der Waals surface area (Å²) in [5, 5.41) is 13.1. The van der Waals surface area contributed by atoms with Crippen molar-refractivity contribution in [1.29, 1.82) is 5.41 Å². The molecule has 0 radical (unpaired) electrons. The van der Waals surface area contributed by atoms with E-state index in [1.807, 2.05) is 7.05 Å². The number of benzene rings is 4. The molecule has 5 rings (SSSR count). The Morgan fingerprint density at radius 1 is 0.889 bits per heavy atom. The number of nitrogens with zero attached hydrogens (tertiary/aromatic N) is 1. The minimum absolute atomic E-state index is 0.0458. The lowest BCUT2D eigenvalue weighted by Gasteiger charge is -2.23. The van der Waals surface area contributed by atoms with Crippen LogP contribution in [0.5, 0.6) is 0 Å². The molecule has 132 valence electrons. The minimum Gasteiger partial charge on any atom is -0.370 e. The van der Waals surface area contributed by atoms with Crippen LogP contribution < -0.4 is 10.6 Å². The van der Waals surface area contributed by atoms with Crippen molar-refractivity contribution in [3.05, 3.63) is 77.9 Å². The second-order valence-electron chi connectivity index (χ2n) is 7.23. The predicted molar refractivity (Wildman–Crippen MR) is 115 cm³/mol. The monoisotopic (exact) mass is 351 g/mol. The summed E-state index contributed by atoms with van der Waals surface area (Å²) in [6.45, 7) is 0. The lowest BCUT2D eigenvalue weighted by molar-refractivity contribution is 1.03. The highest BCUT2D eigenvalue weighted by Gasteiger charge is 2.22. The first kappa shape index (κ1) is 15.9. The molecule has 0 unspecified atom stereocenters. The van der Waals surface area contributed by atoms with E-state index < -0.39 is 0 Å². The molecule has 0 fully saturated rings. The summed E-state index contributed by atoms with van der Waals surface area (Å²) in [5.41, 5.74) is 12.1. The minimum atomic E-state index is 0.0458. The van der Waals surface area contributed by atoms with E-state index in [-0.39, 0.29) is 5.96 Å². The second-order valence-corrected chi connectivity index (χ2v) is 7.23. The van der Waals surface area contributed by atoms with Crippen molar-refractivity contribution in [2.75, 3.05) is 11.9 Å². The predicted octanol–water partition coefficient (Wildman–Crippen LogP) is 5.09. The van der Waals surface area contributed by atoms with E-state index in [2.05, 4.69) is 66.7 Å². The third kappa shape index (κ3) is 2.32. The van der Waals surface area contributed by atoms with E-state index >= 15 is 0 Å². The molecular weight excluding hydrogens is 330 g/mol. The fourth-order valence-corrected chi connectivity index (χ4v) is 4.45. The van der Waals surface area contributed by atoms with Crippen LogP contribution in [0.2, 0.25) is 0 Å². The van der Waals surface area contributed by atoms with Gasteiger partial charge < -0.3 is 10.6 Å². The maximum atomic E-state index is 7.95. The average Bonchev–Trinajstić information content (AvgIpc) is 3.13. The molecule has 1 aliphatic carbocycles. The van der Waals surface area contributed by atoms with Gasteiger partial charge in [-0.3, -0.25) is 5.41 Å². The van der Waals surface area contributed by atoms with Crippen LogP contribution in [0.15, 0.2) is 66.7 Å². The van der Waals surface area contributed by atoms with Gasteiger partial charge >= 0.3 is 0 Å². The smallest absolute Gasteiger partial charge is 0.192 e. The van der Waals surface area contributed by atoms with Gasteiger partial charge in [0.05, 0.1) is 5.69 Å². The molecule has 4 aromatic rings.